The average Bonchev–Trinajstić information content (AvgIpc) is 0.776. The molecule has 8 unspecified atom stereocenters. The lowest BCUT2D eigenvalue weighted by Crippen LogP contribution is -2.47. The van der Waals surface area contributed by atoms with E-state index in [0.29, 0.717) is 27.1 Å². The molecule has 2 aliphatic carbocycles. The first-order chi connectivity index (χ1) is 40.8. The number of hydrogen-bond donors (Lipinski definition) is 14. The third-order valence-corrected chi connectivity index (χ3v) is 9.03. The average molecular weight is 1290 g/mol. The highest BCUT2D eigenvalue weighted by atomic mass is 16.6. The van der Waals surface area contributed by atoms with Crippen molar-refractivity contribution in [3.63, 3.8) is 0 Å². The summed E-state index contributed by atoms with van der Waals surface area (Å²) in [5, 5.41) is 136. The largest absolute Gasteiger partial charge is 0.509 e. The number of benzene rings is 3. The maximum absolute atomic E-state index is 13.2. The van der Waals surface area contributed by atoms with E-state index in [2.05, 4.69) is 138 Å². The van der Waals surface area contributed by atoms with Crippen molar-refractivity contribution >= 4 is 17.5 Å². The summed E-state index contributed by atoms with van der Waals surface area (Å²) in [5.41, 5.74) is 1.36. The Kier molecular flexibility index (Phi) is 41.6. The first kappa shape index (κ1) is 92.8. The van der Waals surface area contributed by atoms with Gasteiger partial charge in [0.2, 0.25) is 17.7 Å². The molecule has 2 heterocycles. The molecule has 0 spiro atoms. The van der Waals surface area contributed by atoms with Crippen molar-refractivity contribution in [2.45, 2.75) is 250 Å². The van der Waals surface area contributed by atoms with Gasteiger partial charge in [-0.1, -0.05) is 201 Å². The van der Waals surface area contributed by atoms with Gasteiger partial charge in [0.15, 0.2) is 35.6 Å². The van der Waals surface area contributed by atoms with E-state index >= 15 is 0 Å². The fourth-order valence-electron chi connectivity index (χ4n) is 6.22. The lowest BCUT2D eigenvalue weighted by molar-refractivity contribution is -0.00229. The molecule has 3 aromatic rings. The van der Waals surface area contributed by atoms with Crippen LogP contribution in [0.1, 0.15) is 232 Å². The summed E-state index contributed by atoms with van der Waals surface area (Å²) in [6, 6.07) is 5.47. The Bertz CT molecular complexity index is 2680. The molecule has 2 aliphatic heterocycles. The summed E-state index contributed by atoms with van der Waals surface area (Å²) in [6.07, 6.45) is -8.25. The van der Waals surface area contributed by atoms with Gasteiger partial charge in [0.1, 0.15) is 81.6 Å². The third-order valence-electron chi connectivity index (χ3n) is 9.03. The Balaban J connectivity index is -0.000000371. The molecule has 0 amide bonds. The minimum atomic E-state index is -1.83. The van der Waals surface area contributed by atoms with Crippen LogP contribution in [0.15, 0.2) is 83.4 Å². The Labute approximate surface area is 544 Å². The van der Waals surface area contributed by atoms with E-state index in [1.54, 1.807) is 0 Å². The maximum Gasteiger partial charge on any atom is 0.339 e. The highest BCUT2D eigenvalue weighted by Gasteiger charge is 2.46. The highest BCUT2D eigenvalue weighted by molar-refractivity contribution is 6.08. The number of aliphatic hydroxyl groups is 7. The molecule has 524 valence electrons. The minimum Gasteiger partial charge on any atom is -0.509 e. The summed E-state index contributed by atoms with van der Waals surface area (Å²) in [4.78, 5) is 38.2. The lowest BCUT2D eigenvalue weighted by atomic mass is 9.88. The number of ether oxygens (including phenoxy) is 3. The Morgan fingerprint density at radius 1 is 0.407 bits per heavy atom. The van der Waals surface area contributed by atoms with Crippen LogP contribution in [0.25, 0.3) is 0 Å². The summed E-state index contributed by atoms with van der Waals surface area (Å²) >= 11 is 0. The van der Waals surface area contributed by atoms with Gasteiger partial charge in [0, 0.05) is 24.3 Å². The number of phenols is 7. The number of esters is 1. The van der Waals surface area contributed by atoms with E-state index in [4.69, 9.17) is 14.2 Å². The van der Waals surface area contributed by atoms with Crippen molar-refractivity contribution in [3.05, 3.63) is 100 Å². The molecular weight excluding hydrogens is 1170 g/mol. The number of carbonyl (C=O) groups excluding carboxylic acids is 3. The molecule has 0 saturated heterocycles. The van der Waals surface area contributed by atoms with E-state index in [-0.39, 0.29) is 41.4 Å². The van der Waals surface area contributed by atoms with Crippen molar-refractivity contribution in [1.29, 1.82) is 0 Å². The van der Waals surface area contributed by atoms with Gasteiger partial charge in [0.05, 0.1) is 5.56 Å². The molecule has 20 heteroatoms. The number of rotatable bonds is 4. The molecule has 0 bridgehead atoms. The van der Waals surface area contributed by atoms with Crippen LogP contribution in [0.4, 0.5) is 0 Å². The summed E-state index contributed by atoms with van der Waals surface area (Å²) in [6.45, 7) is 59.8. The highest BCUT2D eigenvalue weighted by Crippen LogP contribution is 2.43. The van der Waals surface area contributed by atoms with Crippen molar-refractivity contribution < 1.29 is 100 Å². The van der Waals surface area contributed by atoms with Crippen LogP contribution in [-0.4, -0.2) is 138 Å². The van der Waals surface area contributed by atoms with Crippen LogP contribution >= 0.6 is 0 Å². The quantitative estimate of drug-likeness (QED) is 0.0852. The molecule has 3 aromatic carbocycles. The number of ketones is 2. The third kappa shape index (κ3) is 37.2. The van der Waals surface area contributed by atoms with Crippen LogP contribution in [0.3, 0.4) is 0 Å². The first-order valence-corrected chi connectivity index (χ1v) is 30.4. The van der Waals surface area contributed by atoms with Crippen molar-refractivity contribution in [3.8, 4) is 51.7 Å². The molecule has 0 radical (unpaired) electrons. The van der Waals surface area contributed by atoms with Gasteiger partial charge >= 0.3 is 5.97 Å². The zero-order valence-corrected chi connectivity index (χ0v) is 59.1. The molecule has 14 N–H and O–H groups in total. The standard InChI is InChI=1S/C22H18O12.C15H14O8.5C5H12.4C2H6.CH4/c23-9-5-10(24)16-15(6-9)33-20(7-1-11(25)17(29)12(26)2-7)21(19(16)31)34-22(32)8-3-13(27)18(30)14(28)4-8;16-6-3-7(17)11-10(4-6)23-15(14(22)13(11)21)5-1-8(18)12(20)9(19)2-5;5*1-5(2,3)4;4*1-2;/h1-6,11,17,20-21,23-30H;1-4,8,12,14-20,22H;5*1-4H3;4*1-2H3;1H4. The van der Waals surface area contributed by atoms with Gasteiger partial charge in [-0.25, -0.2) is 4.79 Å². The predicted molar refractivity (Wildman–Crippen MR) is 363 cm³/mol. The summed E-state index contributed by atoms with van der Waals surface area (Å²) in [7, 11) is 0. The van der Waals surface area contributed by atoms with Gasteiger partial charge in [-0.3, -0.25) is 9.59 Å². The molecule has 7 rings (SSSR count). The van der Waals surface area contributed by atoms with Crippen LogP contribution in [-0.2, 0) is 4.74 Å². The zero-order valence-electron chi connectivity index (χ0n) is 59.1. The molecule has 0 fully saturated rings. The Morgan fingerprint density at radius 3 is 0.978 bits per heavy atom. The molecule has 91 heavy (non-hydrogen) atoms. The second-order valence-corrected chi connectivity index (χ2v) is 28.0. The van der Waals surface area contributed by atoms with E-state index < -0.39 is 124 Å². The SMILES string of the molecule is C.CC.CC.CC.CC.CC(C)(C)C.CC(C)(C)C.CC(C)(C)C.CC(C)(C)C.CC(C)(C)C.O=C(OC1C(=O)c2c(O)cc(O)cc2OC1C1=CC(O)C(O)C(O)=C1)c1cc(O)c(O)c(O)c1.O=C1c2c(O)cc(O)cc2OC(C2=CC(O)C(O)C(O)=C2)C1O. The molecular formula is C71H120O20. The second kappa shape index (κ2) is 40.8. The monoisotopic (exact) mass is 1290 g/mol. The van der Waals surface area contributed by atoms with E-state index in [0.717, 1.165) is 60.7 Å². The van der Waals surface area contributed by atoms with E-state index in [1.807, 2.05) is 55.4 Å². The molecule has 8 atom stereocenters. The van der Waals surface area contributed by atoms with Crippen LogP contribution < -0.4 is 9.47 Å². The molecule has 0 aromatic heterocycles. The van der Waals surface area contributed by atoms with Gasteiger partial charge in [-0.05, 0) is 74.7 Å². The zero-order chi connectivity index (χ0) is 72.3. The smallest absolute Gasteiger partial charge is 0.339 e. The second-order valence-electron chi connectivity index (χ2n) is 28.0. The number of aliphatic hydroxyl groups excluding tert-OH is 7. The fraction of sp³-hybridized carbons (Fsp3) is 0.592. The van der Waals surface area contributed by atoms with Gasteiger partial charge in [-0.2, -0.15) is 0 Å². The summed E-state index contributed by atoms with van der Waals surface area (Å²) < 4.78 is 16.4. The Morgan fingerprint density at radius 2 is 0.681 bits per heavy atom. The first-order valence-electron chi connectivity index (χ1n) is 30.4. The minimum absolute atomic E-state index is 0. The van der Waals surface area contributed by atoms with Crippen molar-refractivity contribution in [1.82, 2.24) is 0 Å². The normalized spacial score (nSPS) is 20.1. The fourth-order valence-corrected chi connectivity index (χ4v) is 6.22. The molecule has 4 aliphatic rings. The van der Waals surface area contributed by atoms with Gasteiger partial charge in [0.25, 0.3) is 0 Å². The number of carbonyl (C=O) groups is 3. The lowest BCUT2D eigenvalue weighted by Gasteiger charge is -2.34. The van der Waals surface area contributed by atoms with Crippen LogP contribution in [0.2, 0.25) is 0 Å². The van der Waals surface area contributed by atoms with Gasteiger partial charge < -0.3 is 85.7 Å². The molecule has 20 nitrogen and oxygen atoms in total. The number of Topliss-reactive ketones (excluding diaryl/α,β-unsaturated/α-hetero) is 2. The predicted octanol–water partition coefficient (Wildman–Crippen LogP) is 15.0. The number of aromatic hydroxyl groups is 7. The van der Waals surface area contributed by atoms with Crippen LogP contribution in [0, 0.1) is 27.1 Å². The van der Waals surface area contributed by atoms with Crippen molar-refractivity contribution in [2.24, 2.45) is 27.1 Å². The number of hydrogen-bond acceptors (Lipinski definition) is 20. The Hall–Kier alpha value is -6.97. The topological polar surface area (TPSA) is 362 Å². The maximum atomic E-state index is 13.2. The molecule has 0 saturated carbocycles. The van der Waals surface area contributed by atoms with Crippen LogP contribution in [0.5, 0.6) is 51.7 Å². The number of fused-ring (bicyclic) bond motifs is 2. The van der Waals surface area contributed by atoms with Crippen molar-refractivity contribution in [2.75, 3.05) is 0 Å². The van der Waals surface area contributed by atoms with E-state index in [9.17, 15) is 85.9 Å². The van der Waals surface area contributed by atoms with E-state index in [1.165, 1.54) is 0 Å². The van der Waals surface area contributed by atoms with Gasteiger partial charge in [-0.15, -0.1) is 0 Å². The summed E-state index contributed by atoms with van der Waals surface area (Å²) in [5.74, 6) is -9.23. The number of phenolic OH excluding ortho intramolecular Hbond substituents is 7.